The lowest BCUT2D eigenvalue weighted by molar-refractivity contribution is -0.144. The van der Waals surface area contributed by atoms with Crippen LogP contribution in [-0.2, 0) is 14.8 Å². The van der Waals surface area contributed by atoms with Crippen LogP contribution in [0.2, 0.25) is 0 Å². The largest absolute Gasteiger partial charge is 0.481 e. The molecule has 1 aromatic rings. The Morgan fingerprint density at radius 3 is 2.37 bits per heavy atom. The predicted molar refractivity (Wildman–Crippen MR) is 78.2 cm³/mol. The van der Waals surface area contributed by atoms with Gasteiger partial charge in [-0.25, -0.2) is 8.42 Å². The number of sulfonamides is 1. The van der Waals surface area contributed by atoms with Crippen LogP contribution in [0.3, 0.4) is 0 Å². The van der Waals surface area contributed by atoms with Gasteiger partial charge in [0.05, 0.1) is 10.8 Å². The summed E-state index contributed by atoms with van der Waals surface area (Å²) in [4.78, 5) is 11.1. The minimum Gasteiger partial charge on any atom is -0.481 e. The second kappa shape index (κ2) is 5.37. The second-order valence-corrected chi connectivity index (χ2v) is 7.85. The molecule has 1 aromatic carbocycles. The lowest BCUT2D eigenvalue weighted by Crippen LogP contribution is -2.53. The zero-order chi connectivity index (χ0) is 14.2. The molecule has 0 saturated carbocycles. The predicted octanol–water partition coefficient (Wildman–Crippen LogP) is 1.63. The fourth-order valence-electron chi connectivity index (χ4n) is 1.94. The van der Waals surface area contributed by atoms with E-state index in [2.05, 4.69) is 22.6 Å². The van der Waals surface area contributed by atoms with Crippen molar-refractivity contribution in [3.05, 3.63) is 27.8 Å². The van der Waals surface area contributed by atoms with Crippen molar-refractivity contribution in [2.24, 2.45) is 11.8 Å². The molecule has 1 fully saturated rings. The van der Waals surface area contributed by atoms with Gasteiger partial charge in [-0.05, 0) is 52.8 Å². The molecular weight excluding hydrogens is 381 g/mol. The monoisotopic (exact) mass is 395 g/mol. The average Bonchev–Trinajstić information content (AvgIpc) is 2.26. The molecule has 2 rings (SSSR count). The number of halogens is 1. The van der Waals surface area contributed by atoms with Gasteiger partial charge >= 0.3 is 5.97 Å². The first-order valence-corrected chi connectivity index (χ1v) is 8.33. The molecule has 1 saturated heterocycles. The molecule has 1 heterocycles. The highest BCUT2D eigenvalue weighted by molar-refractivity contribution is 14.1. The number of aliphatic carboxylic acids is 1. The van der Waals surface area contributed by atoms with Gasteiger partial charge in [0, 0.05) is 16.7 Å². The van der Waals surface area contributed by atoms with Gasteiger partial charge in [-0.1, -0.05) is 6.92 Å². The number of nitrogens with zero attached hydrogens (tertiary/aromatic N) is 1. The highest BCUT2D eigenvalue weighted by atomic mass is 127. The summed E-state index contributed by atoms with van der Waals surface area (Å²) >= 11 is 2.11. The first kappa shape index (κ1) is 14.7. The zero-order valence-corrected chi connectivity index (χ0v) is 13.3. The summed E-state index contributed by atoms with van der Waals surface area (Å²) in [5, 5.41) is 8.89. The van der Waals surface area contributed by atoms with Crippen LogP contribution >= 0.6 is 22.6 Å². The molecule has 104 valence electrons. The SMILES string of the molecule is CC(C(=O)O)C1CN(S(=O)(=O)c2ccc(I)cc2)C1. The van der Waals surface area contributed by atoms with Crippen LogP contribution in [0.25, 0.3) is 0 Å². The van der Waals surface area contributed by atoms with Gasteiger partial charge in [0.2, 0.25) is 10.0 Å². The molecule has 0 bridgehead atoms. The van der Waals surface area contributed by atoms with Gasteiger partial charge in [0.25, 0.3) is 0 Å². The highest BCUT2D eigenvalue weighted by Crippen LogP contribution is 2.29. The van der Waals surface area contributed by atoms with Crippen molar-refractivity contribution in [3.63, 3.8) is 0 Å². The summed E-state index contributed by atoms with van der Waals surface area (Å²) in [7, 11) is -3.47. The Labute approximate surface area is 125 Å². The lowest BCUT2D eigenvalue weighted by atomic mass is 9.89. The lowest BCUT2D eigenvalue weighted by Gasteiger charge is -2.39. The Bertz CT molecular complexity index is 578. The van der Waals surface area contributed by atoms with E-state index in [-0.39, 0.29) is 23.9 Å². The fraction of sp³-hybridized carbons (Fsp3) is 0.417. The van der Waals surface area contributed by atoms with Crippen molar-refractivity contribution < 1.29 is 18.3 Å². The van der Waals surface area contributed by atoms with Crippen LogP contribution in [-0.4, -0.2) is 36.9 Å². The van der Waals surface area contributed by atoms with Crippen LogP contribution in [0.4, 0.5) is 0 Å². The van der Waals surface area contributed by atoms with Gasteiger partial charge < -0.3 is 5.11 Å². The number of hydrogen-bond acceptors (Lipinski definition) is 3. The van der Waals surface area contributed by atoms with Crippen molar-refractivity contribution in [3.8, 4) is 0 Å². The van der Waals surface area contributed by atoms with Crippen molar-refractivity contribution in [2.45, 2.75) is 11.8 Å². The number of rotatable bonds is 4. The van der Waals surface area contributed by atoms with Crippen LogP contribution < -0.4 is 0 Å². The maximum absolute atomic E-state index is 12.2. The fourth-order valence-corrected chi connectivity index (χ4v) is 3.85. The van der Waals surface area contributed by atoms with E-state index >= 15 is 0 Å². The first-order valence-electron chi connectivity index (χ1n) is 5.81. The van der Waals surface area contributed by atoms with E-state index in [1.807, 2.05) is 0 Å². The number of carbonyl (C=O) groups is 1. The van der Waals surface area contributed by atoms with Gasteiger partial charge in [0.15, 0.2) is 0 Å². The summed E-state index contributed by atoms with van der Waals surface area (Å²) < 4.78 is 26.8. The normalized spacial score (nSPS) is 18.8. The third-order valence-electron chi connectivity index (χ3n) is 3.42. The van der Waals surface area contributed by atoms with E-state index < -0.39 is 21.9 Å². The summed E-state index contributed by atoms with van der Waals surface area (Å²) in [6.45, 7) is 2.17. The van der Waals surface area contributed by atoms with E-state index in [0.29, 0.717) is 0 Å². The Kier molecular flexibility index (Phi) is 4.17. The van der Waals surface area contributed by atoms with E-state index in [9.17, 15) is 13.2 Å². The van der Waals surface area contributed by atoms with Crippen LogP contribution in [0.15, 0.2) is 29.2 Å². The number of hydrogen-bond donors (Lipinski definition) is 1. The summed E-state index contributed by atoms with van der Waals surface area (Å²) in [5.74, 6) is -1.49. The molecule has 0 aliphatic carbocycles. The topological polar surface area (TPSA) is 74.7 Å². The van der Waals surface area contributed by atoms with Crippen molar-refractivity contribution in [1.29, 1.82) is 0 Å². The van der Waals surface area contributed by atoms with E-state index in [1.165, 1.54) is 4.31 Å². The van der Waals surface area contributed by atoms with Gasteiger partial charge in [0.1, 0.15) is 0 Å². The molecule has 1 atom stereocenters. The molecule has 19 heavy (non-hydrogen) atoms. The molecule has 1 N–H and O–H groups in total. The first-order chi connectivity index (χ1) is 8.82. The summed E-state index contributed by atoms with van der Waals surface area (Å²) in [5.41, 5.74) is 0. The maximum atomic E-state index is 12.2. The third-order valence-corrected chi connectivity index (χ3v) is 5.99. The number of benzene rings is 1. The van der Waals surface area contributed by atoms with Crippen LogP contribution in [0.5, 0.6) is 0 Å². The quantitative estimate of drug-likeness (QED) is 0.787. The maximum Gasteiger partial charge on any atom is 0.306 e. The van der Waals surface area contributed by atoms with Crippen molar-refractivity contribution >= 4 is 38.6 Å². The average molecular weight is 395 g/mol. The Balaban J connectivity index is 2.08. The molecule has 1 unspecified atom stereocenters. The van der Waals surface area contributed by atoms with E-state index in [1.54, 1.807) is 31.2 Å². The summed E-state index contributed by atoms with van der Waals surface area (Å²) in [6, 6.07) is 6.63. The van der Waals surface area contributed by atoms with Crippen LogP contribution in [0.1, 0.15) is 6.92 Å². The number of carboxylic acids is 1. The zero-order valence-electron chi connectivity index (χ0n) is 10.3. The smallest absolute Gasteiger partial charge is 0.306 e. The standard InChI is InChI=1S/C12H14INO4S/c1-8(12(15)16)9-6-14(7-9)19(17,18)11-4-2-10(13)3-5-11/h2-5,8-9H,6-7H2,1H3,(H,15,16). The molecule has 1 aliphatic heterocycles. The van der Waals surface area contributed by atoms with E-state index in [0.717, 1.165) is 3.57 Å². The summed E-state index contributed by atoms with van der Waals surface area (Å²) in [6.07, 6.45) is 0. The van der Waals surface area contributed by atoms with Gasteiger partial charge in [-0.15, -0.1) is 0 Å². The highest BCUT2D eigenvalue weighted by Gasteiger charge is 2.41. The molecule has 0 spiro atoms. The Morgan fingerprint density at radius 1 is 1.37 bits per heavy atom. The van der Waals surface area contributed by atoms with E-state index in [4.69, 9.17) is 5.11 Å². The molecular formula is C12H14INO4S. The molecule has 5 nitrogen and oxygen atoms in total. The molecule has 0 aromatic heterocycles. The molecule has 0 radical (unpaired) electrons. The van der Waals surface area contributed by atoms with Crippen LogP contribution in [0, 0.1) is 15.4 Å². The Hall–Kier alpha value is -0.670. The minimum atomic E-state index is -3.47. The molecule has 0 amide bonds. The molecule has 7 heteroatoms. The Morgan fingerprint density at radius 2 is 1.89 bits per heavy atom. The van der Waals surface area contributed by atoms with Crippen molar-refractivity contribution in [2.75, 3.05) is 13.1 Å². The minimum absolute atomic E-state index is 0.101. The second-order valence-electron chi connectivity index (χ2n) is 4.66. The van der Waals surface area contributed by atoms with Crippen molar-refractivity contribution in [1.82, 2.24) is 4.31 Å². The van der Waals surface area contributed by atoms with Gasteiger partial charge in [-0.2, -0.15) is 4.31 Å². The third kappa shape index (κ3) is 2.92. The number of carboxylic acid groups (broad SMARTS) is 1. The molecule has 1 aliphatic rings. The van der Waals surface area contributed by atoms with Gasteiger partial charge in [-0.3, -0.25) is 4.79 Å².